The maximum absolute atomic E-state index is 13.0. The highest BCUT2D eigenvalue weighted by Crippen LogP contribution is 2.33. The van der Waals surface area contributed by atoms with Gasteiger partial charge in [-0.1, -0.05) is 38.1 Å². The van der Waals surface area contributed by atoms with Gasteiger partial charge >= 0.3 is 12.1 Å². The Balaban J connectivity index is 1.37. The maximum atomic E-state index is 13.0. The Morgan fingerprint density at radius 1 is 1.06 bits per heavy atom. The SMILES string of the molecule is CC(C)c1ccc(C2(C)NC(=O)N(CC(=O)NC(=O)Nc3ccc4c(c3)OCCO4)C2=O)cc1. The summed E-state index contributed by atoms with van der Waals surface area (Å²) >= 11 is 0. The molecule has 178 valence electrons. The molecule has 1 atom stereocenters. The number of hydrogen-bond donors (Lipinski definition) is 3. The Labute approximate surface area is 196 Å². The van der Waals surface area contributed by atoms with Crippen molar-refractivity contribution in [2.24, 2.45) is 0 Å². The van der Waals surface area contributed by atoms with Gasteiger partial charge in [-0.3, -0.25) is 19.8 Å². The number of hydrogen-bond acceptors (Lipinski definition) is 6. The number of carbonyl (C=O) groups is 4. The number of benzene rings is 2. The van der Waals surface area contributed by atoms with Gasteiger partial charge in [-0.2, -0.15) is 0 Å². The smallest absolute Gasteiger partial charge is 0.325 e. The zero-order chi connectivity index (χ0) is 24.5. The zero-order valence-electron chi connectivity index (χ0n) is 19.1. The number of urea groups is 2. The van der Waals surface area contributed by atoms with Crippen LogP contribution in [0.4, 0.5) is 15.3 Å². The maximum Gasteiger partial charge on any atom is 0.325 e. The Bertz CT molecular complexity index is 1150. The average molecular weight is 466 g/mol. The normalized spacial score (nSPS) is 19.1. The van der Waals surface area contributed by atoms with Gasteiger partial charge in [0.05, 0.1) is 0 Å². The summed E-state index contributed by atoms with van der Waals surface area (Å²) in [7, 11) is 0. The third-order valence-electron chi connectivity index (χ3n) is 5.78. The number of fused-ring (bicyclic) bond motifs is 1. The summed E-state index contributed by atoms with van der Waals surface area (Å²) in [5, 5.41) is 7.30. The molecule has 2 aromatic rings. The molecule has 0 aliphatic carbocycles. The van der Waals surface area contributed by atoms with Crippen molar-refractivity contribution in [1.82, 2.24) is 15.5 Å². The fraction of sp³-hybridized carbons (Fsp3) is 0.333. The van der Waals surface area contributed by atoms with E-state index in [0.29, 0.717) is 41.9 Å². The molecule has 10 nitrogen and oxygen atoms in total. The number of nitrogens with zero attached hydrogens (tertiary/aromatic N) is 1. The van der Waals surface area contributed by atoms with Gasteiger partial charge in [0.25, 0.3) is 5.91 Å². The van der Waals surface area contributed by atoms with Gasteiger partial charge in [0.1, 0.15) is 25.3 Å². The molecule has 1 fully saturated rings. The van der Waals surface area contributed by atoms with E-state index in [0.717, 1.165) is 10.5 Å². The number of rotatable bonds is 5. The second-order valence-corrected chi connectivity index (χ2v) is 8.58. The number of imide groups is 2. The molecule has 2 aromatic carbocycles. The summed E-state index contributed by atoms with van der Waals surface area (Å²) < 4.78 is 10.9. The molecule has 2 aliphatic heterocycles. The van der Waals surface area contributed by atoms with Crippen molar-refractivity contribution >= 4 is 29.6 Å². The van der Waals surface area contributed by atoms with Gasteiger partial charge in [-0.15, -0.1) is 0 Å². The van der Waals surface area contributed by atoms with E-state index in [9.17, 15) is 19.2 Å². The third kappa shape index (κ3) is 4.52. The van der Waals surface area contributed by atoms with E-state index in [1.54, 1.807) is 37.3 Å². The van der Waals surface area contributed by atoms with Crippen molar-refractivity contribution in [1.29, 1.82) is 0 Å². The van der Waals surface area contributed by atoms with Gasteiger partial charge in [-0.05, 0) is 36.1 Å². The van der Waals surface area contributed by atoms with Gasteiger partial charge in [-0.25, -0.2) is 9.59 Å². The van der Waals surface area contributed by atoms with Crippen LogP contribution in [0.2, 0.25) is 0 Å². The van der Waals surface area contributed by atoms with Gasteiger partial charge < -0.3 is 20.1 Å². The highest BCUT2D eigenvalue weighted by Gasteiger charge is 2.49. The van der Waals surface area contributed by atoms with E-state index in [2.05, 4.69) is 29.8 Å². The molecule has 1 saturated heterocycles. The average Bonchev–Trinajstić information content (AvgIpc) is 3.02. The molecule has 1 unspecified atom stereocenters. The first-order valence-electron chi connectivity index (χ1n) is 10.9. The van der Waals surface area contributed by atoms with Crippen LogP contribution in [0, 0.1) is 0 Å². The van der Waals surface area contributed by atoms with Crippen molar-refractivity contribution in [2.75, 3.05) is 25.1 Å². The predicted octanol–water partition coefficient (Wildman–Crippen LogP) is 2.70. The van der Waals surface area contributed by atoms with Gasteiger partial charge in [0.15, 0.2) is 11.5 Å². The lowest BCUT2D eigenvalue weighted by atomic mass is 9.90. The van der Waals surface area contributed by atoms with Crippen LogP contribution in [0.3, 0.4) is 0 Å². The van der Waals surface area contributed by atoms with Crippen molar-refractivity contribution in [2.45, 2.75) is 32.2 Å². The van der Waals surface area contributed by atoms with Crippen molar-refractivity contribution < 1.29 is 28.7 Å². The minimum atomic E-state index is -1.31. The van der Waals surface area contributed by atoms with E-state index in [1.807, 2.05) is 12.1 Å². The molecular formula is C24H26N4O6. The quantitative estimate of drug-likeness (QED) is 0.582. The number of anilines is 1. The molecule has 10 heteroatoms. The monoisotopic (exact) mass is 466 g/mol. The molecule has 0 spiro atoms. The minimum absolute atomic E-state index is 0.323. The molecule has 2 heterocycles. The molecule has 3 N–H and O–H groups in total. The Kier molecular flexibility index (Phi) is 6.14. The lowest BCUT2D eigenvalue weighted by Gasteiger charge is -2.22. The highest BCUT2D eigenvalue weighted by molar-refractivity contribution is 6.10. The number of carbonyl (C=O) groups excluding carboxylic acids is 4. The number of nitrogens with one attached hydrogen (secondary N) is 3. The van der Waals surface area contributed by atoms with E-state index in [4.69, 9.17) is 9.47 Å². The zero-order valence-corrected chi connectivity index (χ0v) is 19.1. The Hall–Kier alpha value is -4.08. The molecule has 0 bridgehead atoms. The van der Waals surface area contributed by atoms with Crippen LogP contribution in [0.5, 0.6) is 11.5 Å². The summed E-state index contributed by atoms with van der Waals surface area (Å²) in [4.78, 5) is 51.0. The molecule has 4 rings (SSSR count). The summed E-state index contributed by atoms with van der Waals surface area (Å²) in [5.74, 6) is -0.0106. The fourth-order valence-corrected chi connectivity index (χ4v) is 3.83. The van der Waals surface area contributed by atoms with Gasteiger partial charge in [0.2, 0.25) is 5.91 Å². The molecule has 34 heavy (non-hydrogen) atoms. The molecule has 0 saturated carbocycles. The van der Waals surface area contributed by atoms with E-state index >= 15 is 0 Å². The topological polar surface area (TPSA) is 126 Å². The van der Waals surface area contributed by atoms with Crippen LogP contribution in [-0.4, -0.2) is 48.5 Å². The van der Waals surface area contributed by atoms with Crippen LogP contribution in [0.15, 0.2) is 42.5 Å². The van der Waals surface area contributed by atoms with Crippen LogP contribution in [0.25, 0.3) is 0 Å². The molecule has 6 amide bonds. The van der Waals surface area contributed by atoms with Gasteiger partial charge in [0, 0.05) is 11.8 Å². The minimum Gasteiger partial charge on any atom is -0.486 e. The molecular weight excluding hydrogens is 440 g/mol. The van der Waals surface area contributed by atoms with Crippen LogP contribution >= 0.6 is 0 Å². The first-order chi connectivity index (χ1) is 16.2. The Morgan fingerprint density at radius 2 is 1.74 bits per heavy atom. The largest absolute Gasteiger partial charge is 0.486 e. The van der Waals surface area contributed by atoms with Crippen LogP contribution < -0.4 is 25.4 Å². The molecule has 0 radical (unpaired) electrons. The second kappa shape index (κ2) is 9.05. The third-order valence-corrected chi connectivity index (χ3v) is 5.78. The van der Waals surface area contributed by atoms with Crippen LogP contribution in [-0.2, 0) is 15.1 Å². The standard InChI is InChI=1S/C24H26N4O6/c1-14(2)15-4-6-16(7-5-15)24(3)21(30)28(23(32)27-24)13-20(29)26-22(31)25-17-8-9-18-19(12-17)34-11-10-33-18/h4-9,12,14H,10-11,13H2,1-3H3,(H,27,32)(H2,25,26,29,31). The molecule has 0 aromatic heterocycles. The van der Waals surface area contributed by atoms with Crippen LogP contribution in [0.1, 0.15) is 37.8 Å². The summed E-state index contributed by atoms with van der Waals surface area (Å²) in [6.07, 6.45) is 0. The van der Waals surface area contributed by atoms with Crippen molar-refractivity contribution in [3.63, 3.8) is 0 Å². The first-order valence-corrected chi connectivity index (χ1v) is 10.9. The van der Waals surface area contributed by atoms with Crippen molar-refractivity contribution in [3.8, 4) is 11.5 Å². The van der Waals surface area contributed by atoms with E-state index < -0.39 is 36.0 Å². The summed E-state index contributed by atoms with van der Waals surface area (Å²) in [6.45, 7) is 5.95. The number of amides is 6. The summed E-state index contributed by atoms with van der Waals surface area (Å²) in [6, 6.07) is 10.7. The lowest BCUT2D eigenvalue weighted by Crippen LogP contribution is -2.45. The van der Waals surface area contributed by atoms with Crippen molar-refractivity contribution in [3.05, 3.63) is 53.6 Å². The fourth-order valence-electron chi connectivity index (χ4n) is 3.83. The van der Waals surface area contributed by atoms with E-state index in [-0.39, 0.29) is 0 Å². The highest BCUT2D eigenvalue weighted by atomic mass is 16.6. The number of ether oxygens (including phenoxy) is 2. The second-order valence-electron chi connectivity index (χ2n) is 8.58. The first kappa shape index (κ1) is 23.1. The van der Waals surface area contributed by atoms with E-state index in [1.165, 1.54) is 0 Å². The lowest BCUT2D eigenvalue weighted by molar-refractivity contribution is -0.134. The molecule has 2 aliphatic rings. The Morgan fingerprint density at radius 3 is 2.41 bits per heavy atom. The predicted molar refractivity (Wildman–Crippen MR) is 123 cm³/mol. The summed E-state index contributed by atoms with van der Waals surface area (Å²) in [5.41, 5.74) is 0.793.